The van der Waals surface area contributed by atoms with E-state index in [-0.39, 0.29) is 11.5 Å². The Hall–Kier alpha value is -0.0800. The lowest BCUT2D eigenvalue weighted by atomic mass is 9.53. The number of aliphatic hydroxyl groups excluding tert-OH is 1. The van der Waals surface area contributed by atoms with Crippen molar-refractivity contribution >= 4 is 0 Å². The SMILES string of the molecule is C[C@H]1CCC[C@]2(C)C[C@H](O)CC[C@@]12O. The van der Waals surface area contributed by atoms with Crippen LogP contribution in [-0.2, 0) is 0 Å². The Bertz CT molecular complexity index is 228. The van der Waals surface area contributed by atoms with E-state index < -0.39 is 5.60 Å². The Morgan fingerprint density at radius 3 is 2.64 bits per heavy atom. The normalized spacial score (nSPS) is 54.0. The molecule has 2 saturated carbocycles. The van der Waals surface area contributed by atoms with Gasteiger partial charge in [-0.05, 0) is 43.4 Å². The number of hydrogen-bond acceptors (Lipinski definition) is 2. The molecule has 0 unspecified atom stereocenters. The highest BCUT2D eigenvalue weighted by molar-refractivity contribution is 5.05. The van der Waals surface area contributed by atoms with E-state index in [1.54, 1.807) is 0 Å². The van der Waals surface area contributed by atoms with Gasteiger partial charge in [0, 0.05) is 0 Å². The smallest absolute Gasteiger partial charge is 0.0728 e. The van der Waals surface area contributed by atoms with Gasteiger partial charge in [0.1, 0.15) is 0 Å². The van der Waals surface area contributed by atoms with Crippen molar-refractivity contribution in [2.24, 2.45) is 11.3 Å². The van der Waals surface area contributed by atoms with Gasteiger partial charge in [0.25, 0.3) is 0 Å². The number of hydrogen-bond donors (Lipinski definition) is 2. The second-order valence-electron chi connectivity index (χ2n) is 5.67. The Morgan fingerprint density at radius 1 is 1.21 bits per heavy atom. The van der Waals surface area contributed by atoms with Crippen LogP contribution in [0.1, 0.15) is 52.4 Å². The lowest BCUT2D eigenvalue weighted by Crippen LogP contribution is -2.57. The molecule has 0 amide bonds. The first-order chi connectivity index (χ1) is 6.48. The maximum Gasteiger partial charge on any atom is 0.0728 e. The van der Waals surface area contributed by atoms with Gasteiger partial charge < -0.3 is 10.2 Å². The molecule has 0 aliphatic heterocycles. The maximum atomic E-state index is 10.7. The summed E-state index contributed by atoms with van der Waals surface area (Å²) in [6.45, 7) is 4.32. The van der Waals surface area contributed by atoms with E-state index in [2.05, 4.69) is 13.8 Å². The molecule has 0 radical (unpaired) electrons. The summed E-state index contributed by atoms with van der Waals surface area (Å²) >= 11 is 0. The van der Waals surface area contributed by atoms with Crippen molar-refractivity contribution in [1.82, 2.24) is 0 Å². The van der Waals surface area contributed by atoms with Crippen LogP contribution < -0.4 is 0 Å². The van der Waals surface area contributed by atoms with Crippen LogP contribution in [-0.4, -0.2) is 21.9 Å². The standard InChI is InChI=1S/C12H22O2/c1-9-4-3-6-11(2)8-10(13)5-7-12(9,11)14/h9-10,13-14H,3-8H2,1-2H3/t9-,10+,11+,12+/m0/s1. The van der Waals surface area contributed by atoms with E-state index in [1.807, 2.05) is 0 Å². The van der Waals surface area contributed by atoms with Gasteiger partial charge in [-0.15, -0.1) is 0 Å². The molecule has 0 spiro atoms. The van der Waals surface area contributed by atoms with Gasteiger partial charge in [0.05, 0.1) is 11.7 Å². The van der Waals surface area contributed by atoms with E-state index in [1.165, 1.54) is 6.42 Å². The minimum absolute atomic E-state index is 0.0394. The largest absolute Gasteiger partial charge is 0.393 e. The van der Waals surface area contributed by atoms with Crippen molar-refractivity contribution in [3.8, 4) is 0 Å². The first-order valence-electron chi connectivity index (χ1n) is 5.88. The predicted octanol–water partition coefficient (Wildman–Crippen LogP) is 2.09. The molecule has 2 rings (SSSR count). The summed E-state index contributed by atoms with van der Waals surface area (Å²) in [6.07, 6.45) is 5.57. The highest BCUT2D eigenvalue weighted by Crippen LogP contribution is 2.55. The first-order valence-corrected chi connectivity index (χ1v) is 5.88. The average Bonchev–Trinajstić information content (AvgIpc) is 2.10. The fourth-order valence-electron chi connectivity index (χ4n) is 3.68. The molecular weight excluding hydrogens is 176 g/mol. The topological polar surface area (TPSA) is 40.5 Å². The average molecular weight is 198 g/mol. The molecule has 82 valence electrons. The summed E-state index contributed by atoms with van der Waals surface area (Å²) < 4.78 is 0. The van der Waals surface area contributed by atoms with Crippen LogP contribution in [0.5, 0.6) is 0 Å². The summed E-state index contributed by atoms with van der Waals surface area (Å²) in [6, 6.07) is 0. The molecule has 0 aromatic carbocycles. The molecule has 2 aliphatic carbocycles. The summed E-state index contributed by atoms with van der Waals surface area (Å²) in [5, 5.41) is 20.4. The zero-order chi connectivity index (χ0) is 10.4. The van der Waals surface area contributed by atoms with Crippen LogP contribution in [0.2, 0.25) is 0 Å². The van der Waals surface area contributed by atoms with E-state index in [0.717, 1.165) is 32.1 Å². The number of fused-ring (bicyclic) bond motifs is 1. The second-order valence-corrected chi connectivity index (χ2v) is 5.67. The number of rotatable bonds is 0. The van der Waals surface area contributed by atoms with E-state index >= 15 is 0 Å². The van der Waals surface area contributed by atoms with Crippen LogP contribution in [0.25, 0.3) is 0 Å². The predicted molar refractivity (Wildman–Crippen MR) is 55.9 cm³/mol. The summed E-state index contributed by atoms with van der Waals surface area (Å²) in [4.78, 5) is 0. The van der Waals surface area contributed by atoms with Gasteiger partial charge in [-0.2, -0.15) is 0 Å². The van der Waals surface area contributed by atoms with Gasteiger partial charge >= 0.3 is 0 Å². The van der Waals surface area contributed by atoms with E-state index in [4.69, 9.17) is 0 Å². The fraction of sp³-hybridized carbons (Fsp3) is 1.00. The zero-order valence-corrected chi connectivity index (χ0v) is 9.29. The molecule has 2 aliphatic rings. The van der Waals surface area contributed by atoms with Gasteiger partial charge in [-0.3, -0.25) is 0 Å². The zero-order valence-electron chi connectivity index (χ0n) is 9.29. The molecule has 2 N–H and O–H groups in total. The van der Waals surface area contributed by atoms with Crippen molar-refractivity contribution in [3.63, 3.8) is 0 Å². The van der Waals surface area contributed by atoms with Crippen LogP contribution in [0.3, 0.4) is 0 Å². The molecule has 2 fully saturated rings. The number of aliphatic hydroxyl groups is 2. The van der Waals surface area contributed by atoms with Gasteiger partial charge in [0.15, 0.2) is 0 Å². The quantitative estimate of drug-likeness (QED) is 0.625. The third-order valence-corrected chi connectivity index (χ3v) is 4.77. The van der Waals surface area contributed by atoms with Gasteiger partial charge in [0.2, 0.25) is 0 Å². The van der Waals surface area contributed by atoms with E-state index in [0.29, 0.717) is 5.92 Å². The molecule has 4 atom stereocenters. The first kappa shape index (κ1) is 10.4. The summed E-state index contributed by atoms with van der Waals surface area (Å²) in [5.41, 5.74) is -0.549. The Kier molecular flexibility index (Phi) is 2.39. The molecule has 0 bridgehead atoms. The Morgan fingerprint density at radius 2 is 1.93 bits per heavy atom. The highest BCUT2D eigenvalue weighted by Gasteiger charge is 2.54. The van der Waals surface area contributed by atoms with Crippen molar-refractivity contribution in [2.75, 3.05) is 0 Å². The second kappa shape index (κ2) is 3.21. The molecule has 0 saturated heterocycles. The van der Waals surface area contributed by atoms with Crippen molar-refractivity contribution in [1.29, 1.82) is 0 Å². The third kappa shape index (κ3) is 1.31. The molecule has 2 nitrogen and oxygen atoms in total. The molecule has 14 heavy (non-hydrogen) atoms. The monoisotopic (exact) mass is 198 g/mol. The van der Waals surface area contributed by atoms with Crippen molar-refractivity contribution in [2.45, 2.75) is 64.1 Å². The van der Waals surface area contributed by atoms with Gasteiger partial charge in [-0.1, -0.05) is 20.3 Å². The van der Waals surface area contributed by atoms with Crippen molar-refractivity contribution in [3.05, 3.63) is 0 Å². The van der Waals surface area contributed by atoms with Crippen LogP contribution in [0.15, 0.2) is 0 Å². The molecule has 0 aromatic rings. The molecule has 0 heterocycles. The summed E-state index contributed by atoms with van der Waals surface area (Å²) in [5.74, 6) is 0.397. The Balaban J connectivity index is 2.27. The molecular formula is C12H22O2. The lowest BCUT2D eigenvalue weighted by molar-refractivity contribution is -0.184. The summed E-state index contributed by atoms with van der Waals surface area (Å²) in [7, 11) is 0. The van der Waals surface area contributed by atoms with Gasteiger partial charge in [-0.25, -0.2) is 0 Å². The lowest BCUT2D eigenvalue weighted by Gasteiger charge is -2.56. The highest BCUT2D eigenvalue weighted by atomic mass is 16.3. The van der Waals surface area contributed by atoms with Crippen LogP contribution in [0.4, 0.5) is 0 Å². The van der Waals surface area contributed by atoms with Crippen LogP contribution in [0, 0.1) is 11.3 Å². The maximum absolute atomic E-state index is 10.7. The van der Waals surface area contributed by atoms with Crippen LogP contribution >= 0.6 is 0 Å². The molecule has 0 aromatic heterocycles. The third-order valence-electron chi connectivity index (χ3n) is 4.77. The Labute approximate surface area is 86.3 Å². The fourth-order valence-corrected chi connectivity index (χ4v) is 3.68. The minimum atomic E-state index is -0.509. The minimum Gasteiger partial charge on any atom is -0.393 e. The van der Waals surface area contributed by atoms with E-state index in [9.17, 15) is 10.2 Å². The molecule has 2 heteroatoms. The van der Waals surface area contributed by atoms with Crippen molar-refractivity contribution < 1.29 is 10.2 Å².